The van der Waals surface area contributed by atoms with Gasteiger partial charge >= 0.3 is 0 Å². The minimum Gasteiger partial charge on any atom is -0.497 e. The fraction of sp³-hybridized carbons (Fsp3) is 0.167. The minimum atomic E-state index is -0.0270. The summed E-state index contributed by atoms with van der Waals surface area (Å²) in [5.41, 5.74) is 3.47. The third-order valence-corrected chi connectivity index (χ3v) is 3.51. The van der Waals surface area contributed by atoms with E-state index >= 15 is 0 Å². The maximum atomic E-state index is 12.3. The Hall–Kier alpha value is -2.55. The van der Waals surface area contributed by atoms with Crippen molar-refractivity contribution in [2.24, 2.45) is 0 Å². The molecule has 0 aliphatic carbocycles. The van der Waals surface area contributed by atoms with Crippen LogP contribution in [0.5, 0.6) is 5.75 Å². The van der Waals surface area contributed by atoms with Gasteiger partial charge in [0.25, 0.3) is 0 Å². The van der Waals surface area contributed by atoms with Crippen LogP contribution >= 0.6 is 0 Å². The number of rotatable bonds is 2. The van der Waals surface area contributed by atoms with Crippen molar-refractivity contribution >= 4 is 11.0 Å². The van der Waals surface area contributed by atoms with Crippen molar-refractivity contribution < 1.29 is 9.15 Å². The molecule has 3 rings (SSSR count). The number of ether oxygens (including phenoxy) is 1. The van der Waals surface area contributed by atoms with Gasteiger partial charge in [-0.1, -0.05) is 18.2 Å². The van der Waals surface area contributed by atoms with Crippen LogP contribution in [-0.4, -0.2) is 7.11 Å². The van der Waals surface area contributed by atoms with Crippen LogP contribution in [0.4, 0.5) is 0 Å². The van der Waals surface area contributed by atoms with Crippen LogP contribution in [0.2, 0.25) is 0 Å². The van der Waals surface area contributed by atoms with Gasteiger partial charge in [-0.25, -0.2) is 0 Å². The van der Waals surface area contributed by atoms with Gasteiger partial charge in [0, 0.05) is 11.6 Å². The number of hydrogen-bond acceptors (Lipinski definition) is 3. The Labute approximate surface area is 122 Å². The second kappa shape index (κ2) is 5.09. The van der Waals surface area contributed by atoms with Crippen molar-refractivity contribution in [1.29, 1.82) is 0 Å². The molecule has 0 aliphatic rings. The first-order chi connectivity index (χ1) is 10.1. The molecule has 0 bridgehead atoms. The fourth-order valence-corrected chi connectivity index (χ4v) is 2.53. The molecule has 0 saturated carbocycles. The normalized spacial score (nSPS) is 10.8. The quantitative estimate of drug-likeness (QED) is 0.710. The molecule has 0 fully saturated rings. The zero-order valence-electron chi connectivity index (χ0n) is 12.3. The fourth-order valence-electron chi connectivity index (χ4n) is 2.53. The maximum absolute atomic E-state index is 12.3. The first kappa shape index (κ1) is 13.4. The Morgan fingerprint density at radius 3 is 2.62 bits per heavy atom. The maximum Gasteiger partial charge on any atom is 0.193 e. The highest BCUT2D eigenvalue weighted by Crippen LogP contribution is 2.27. The SMILES string of the molecule is COc1cccc(-c2cc(=O)c3cc(C)cc(C)c3o2)c1. The zero-order chi connectivity index (χ0) is 15.0. The van der Waals surface area contributed by atoms with Crippen LogP contribution < -0.4 is 10.2 Å². The van der Waals surface area contributed by atoms with Crippen LogP contribution in [0.15, 0.2) is 51.7 Å². The van der Waals surface area contributed by atoms with Crippen molar-refractivity contribution in [2.45, 2.75) is 13.8 Å². The van der Waals surface area contributed by atoms with E-state index in [0.717, 1.165) is 22.4 Å². The van der Waals surface area contributed by atoms with Crippen molar-refractivity contribution in [2.75, 3.05) is 7.11 Å². The summed E-state index contributed by atoms with van der Waals surface area (Å²) in [4.78, 5) is 12.3. The zero-order valence-corrected chi connectivity index (χ0v) is 12.3. The lowest BCUT2D eigenvalue weighted by Gasteiger charge is -2.07. The van der Waals surface area contributed by atoms with E-state index in [9.17, 15) is 4.79 Å². The minimum absolute atomic E-state index is 0.0270. The second-order valence-corrected chi connectivity index (χ2v) is 5.17. The first-order valence-electron chi connectivity index (χ1n) is 6.78. The summed E-state index contributed by atoms with van der Waals surface area (Å²) in [6.45, 7) is 3.93. The largest absolute Gasteiger partial charge is 0.497 e. The van der Waals surface area contributed by atoms with Gasteiger partial charge < -0.3 is 9.15 Å². The van der Waals surface area contributed by atoms with Crippen molar-refractivity contribution in [3.05, 3.63) is 63.8 Å². The molecule has 1 heterocycles. The number of methoxy groups -OCH3 is 1. The molecule has 0 unspecified atom stereocenters. The predicted molar refractivity (Wildman–Crippen MR) is 83.9 cm³/mol. The van der Waals surface area contributed by atoms with E-state index in [1.807, 2.05) is 50.2 Å². The topological polar surface area (TPSA) is 39.4 Å². The lowest BCUT2D eigenvalue weighted by Crippen LogP contribution is -2.02. The molecule has 0 atom stereocenters. The highest BCUT2D eigenvalue weighted by Gasteiger charge is 2.10. The van der Waals surface area contributed by atoms with E-state index in [-0.39, 0.29) is 5.43 Å². The van der Waals surface area contributed by atoms with E-state index in [2.05, 4.69) is 0 Å². The van der Waals surface area contributed by atoms with E-state index in [0.29, 0.717) is 16.7 Å². The Kier molecular flexibility index (Phi) is 3.26. The molecular formula is C18H16O3. The van der Waals surface area contributed by atoms with E-state index in [1.54, 1.807) is 7.11 Å². The van der Waals surface area contributed by atoms with Gasteiger partial charge in [-0.15, -0.1) is 0 Å². The molecule has 3 heteroatoms. The number of benzene rings is 2. The summed E-state index contributed by atoms with van der Waals surface area (Å²) in [5, 5.41) is 0.624. The molecule has 1 aromatic heterocycles. The van der Waals surface area contributed by atoms with Gasteiger partial charge in [0.1, 0.15) is 17.1 Å². The summed E-state index contributed by atoms with van der Waals surface area (Å²) < 4.78 is 11.2. The van der Waals surface area contributed by atoms with Crippen LogP contribution in [0.25, 0.3) is 22.3 Å². The average molecular weight is 280 g/mol. The van der Waals surface area contributed by atoms with Crippen LogP contribution in [-0.2, 0) is 0 Å². The third-order valence-electron chi connectivity index (χ3n) is 3.51. The van der Waals surface area contributed by atoms with E-state index < -0.39 is 0 Å². The van der Waals surface area contributed by atoms with E-state index in [4.69, 9.17) is 9.15 Å². The molecule has 0 amide bonds. The van der Waals surface area contributed by atoms with Gasteiger partial charge in [-0.05, 0) is 43.2 Å². The van der Waals surface area contributed by atoms with Crippen LogP contribution in [0, 0.1) is 13.8 Å². The summed E-state index contributed by atoms with van der Waals surface area (Å²) in [6.07, 6.45) is 0. The molecular weight excluding hydrogens is 264 g/mol. The first-order valence-corrected chi connectivity index (χ1v) is 6.78. The summed E-state index contributed by atoms with van der Waals surface area (Å²) in [7, 11) is 1.61. The van der Waals surface area contributed by atoms with Gasteiger partial charge in [-0.2, -0.15) is 0 Å². The summed E-state index contributed by atoms with van der Waals surface area (Å²) in [6, 6.07) is 12.9. The standard InChI is InChI=1S/C18H16O3/c1-11-7-12(2)18-15(8-11)16(19)10-17(21-18)13-5-4-6-14(9-13)20-3/h4-10H,1-3H3. The van der Waals surface area contributed by atoms with Gasteiger partial charge in [0.2, 0.25) is 0 Å². The number of fused-ring (bicyclic) bond motifs is 1. The van der Waals surface area contributed by atoms with E-state index in [1.165, 1.54) is 6.07 Å². The van der Waals surface area contributed by atoms with Crippen molar-refractivity contribution in [3.63, 3.8) is 0 Å². The highest BCUT2D eigenvalue weighted by atomic mass is 16.5. The molecule has 0 saturated heterocycles. The van der Waals surface area contributed by atoms with Crippen LogP contribution in [0.3, 0.4) is 0 Å². The molecule has 21 heavy (non-hydrogen) atoms. The molecule has 0 spiro atoms. The third kappa shape index (κ3) is 2.42. The smallest absolute Gasteiger partial charge is 0.193 e. The lowest BCUT2D eigenvalue weighted by molar-refractivity contribution is 0.415. The summed E-state index contributed by atoms with van der Waals surface area (Å²) >= 11 is 0. The average Bonchev–Trinajstić information content (AvgIpc) is 2.48. The monoisotopic (exact) mass is 280 g/mol. The lowest BCUT2D eigenvalue weighted by atomic mass is 10.1. The van der Waals surface area contributed by atoms with Gasteiger partial charge in [0.05, 0.1) is 12.5 Å². The highest BCUT2D eigenvalue weighted by molar-refractivity contribution is 5.82. The second-order valence-electron chi connectivity index (χ2n) is 5.17. The molecule has 2 aromatic carbocycles. The number of hydrogen-bond donors (Lipinski definition) is 0. The molecule has 106 valence electrons. The van der Waals surface area contributed by atoms with Gasteiger partial charge in [0.15, 0.2) is 5.43 Å². The Bertz CT molecular complexity index is 875. The predicted octanol–water partition coefficient (Wildman–Crippen LogP) is 4.09. The Balaban J connectivity index is 2.27. The molecule has 3 aromatic rings. The molecule has 0 radical (unpaired) electrons. The number of aryl methyl sites for hydroxylation is 2. The Morgan fingerprint density at radius 1 is 1.05 bits per heavy atom. The Morgan fingerprint density at radius 2 is 1.86 bits per heavy atom. The van der Waals surface area contributed by atoms with Gasteiger partial charge in [-0.3, -0.25) is 4.79 Å². The molecule has 3 nitrogen and oxygen atoms in total. The van der Waals surface area contributed by atoms with Crippen molar-refractivity contribution in [3.8, 4) is 17.1 Å². The van der Waals surface area contributed by atoms with Crippen molar-refractivity contribution in [1.82, 2.24) is 0 Å². The summed E-state index contributed by atoms with van der Waals surface area (Å²) in [5.74, 6) is 1.29. The molecule has 0 aliphatic heterocycles. The van der Waals surface area contributed by atoms with Crippen LogP contribution in [0.1, 0.15) is 11.1 Å². The molecule has 0 N–H and O–H groups in total.